The van der Waals surface area contributed by atoms with Crippen LogP contribution in [0.25, 0.3) is 22.4 Å². The Bertz CT molecular complexity index is 780. The fourth-order valence-corrected chi connectivity index (χ4v) is 1.93. The third-order valence-electron chi connectivity index (χ3n) is 2.85. The van der Waals surface area contributed by atoms with E-state index in [4.69, 9.17) is 5.11 Å². The van der Waals surface area contributed by atoms with Gasteiger partial charge in [-0.3, -0.25) is 0 Å². The first kappa shape index (κ1) is 11.4. The smallest absolute Gasteiger partial charge is 0.335 e. The van der Waals surface area contributed by atoms with Crippen LogP contribution in [0.15, 0.2) is 42.5 Å². The van der Waals surface area contributed by atoms with Crippen molar-refractivity contribution in [3.63, 3.8) is 0 Å². The number of fused-ring (bicyclic) bond motifs is 1. The minimum Gasteiger partial charge on any atom is -0.478 e. The van der Waals surface area contributed by atoms with Gasteiger partial charge in [0, 0.05) is 5.56 Å². The van der Waals surface area contributed by atoms with Crippen LogP contribution in [0.1, 0.15) is 10.4 Å². The number of aromatic nitrogens is 2. The molecule has 19 heavy (non-hydrogen) atoms. The highest BCUT2D eigenvalue weighted by molar-refractivity contribution is 5.89. The Morgan fingerprint density at radius 2 is 2.00 bits per heavy atom. The molecule has 1 heterocycles. The standard InChI is InChI=1S/C14H9FN2O2/c15-10-5-2-6-11-12(10)17-13(16-11)8-3-1-4-9(7-8)14(18)19/h1-7H,(H,16,17)(H,18,19). The lowest BCUT2D eigenvalue weighted by Crippen LogP contribution is -1.95. The molecule has 0 radical (unpaired) electrons. The van der Waals surface area contributed by atoms with Gasteiger partial charge >= 0.3 is 5.97 Å². The predicted octanol–water partition coefficient (Wildman–Crippen LogP) is 3.07. The number of para-hydroxylation sites is 1. The van der Waals surface area contributed by atoms with Crippen LogP contribution in [0.3, 0.4) is 0 Å². The minimum absolute atomic E-state index is 0.165. The quantitative estimate of drug-likeness (QED) is 0.740. The van der Waals surface area contributed by atoms with Crippen LogP contribution in [0, 0.1) is 5.82 Å². The van der Waals surface area contributed by atoms with Crippen LogP contribution >= 0.6 is 0 Å². The van der Waals surface area contributed by atoms with Gasteiger partial charge in [-0.05, 0) is 24.3 Å². The lowest BCUT2D eigenvalue weighted by molar-refractivity contribution is 0.0697. The Morgan fingerprint density at radius 3 is 2.74 bits per heavy atom. The van der Waals surface area contributed by atoms with Crippen molar-refractivity contribution >= 4 is 17.0 Å². The summed E-state index contributed by atoms with van der Waals surface area (Å²) in [6.45, 7) is 0. The second kappa shape index (κ2) is 4.20. The third-order valence-corrected chi connectivity index (χ3v) is 2.85. The maximum atomic E-state index is 13.5. The number of hydrogen-bond acceptors (Lipinski definition) is 2. The molecule has 0 aliphatic carbocycles. The Balaban J connectivity index is 2.16. The summed E-state index contributed by atoms with van der Waals surface area (Å²) < 4.78 is 13.5. The monoisotopic (exact) mass is 256 g/mol. The summed E-state index contributed by atoms with van der Waals surface area (Å²) in [7, 11) is 0. The van der Waals surface area contributed by atoms with E-state index < -0.39 is 11.8 Å². The molecule has 2 aromatic carbocycles. The second-order valence-corrected chi connectivity index (χ2v) is 4.11. The van der Waals surface area contributed by atoms with Crippen molar-refractivity contribution in [2.45, 2.75) is 0 Å². The highest BCUT2D eigenvalue weighted by atomic mass is 19.1. The van der Waals surface area contributed by atoms with E-state index in [1.54, 1.807) is 24.3 Å². The van der Waals surface area contributed by atoms with Crippen LogP contribution in [0.2, 0.25) is 0 Å². The number of H-pyrrole nitrogens is 1. The highest BCUT2D eigenvalue weighted by Gasteiger charge is 2.10. The molecular formula is C14H9FN2O2. The Labute approximate surface area is 107 Å². The first-order valence-corrected chi connectivity index (χ1v) is 5.63. The maximum Gasteiger partial charge on any atom is 0.335 e. The first-order valence-electron chi connectivity index (χ1n) is 5.63. The van der Waals surface area contributed by atoms with Crippen molar-refractivity contribution < 1.29 is 14.3 Å². The van der Waals surface area contributed by atoms with Gasteiger partial charge in [0.2, 0.25) is 0 Å². The van der Waals surface area contributed by atoms with Crippen LogP contribution in [0.5, 0.6) is 0 Å². The van der Waals surface area contributed by atoms with E-state index in [1.807, 2.05) is 0 Å². The van der Waals surface area contributed by atoms with Gasteiger partial charge < -0.3 is 10.1 Å². The number of carbonyl (C=O) groups is 1. The topological polar surface area (TPSA) is 66.0 Å². The zero-order valence-electron chi connectivity index (χ0n) is 9.72. The number of aromatic carboxylic acids is 1. The van der Waals surface area contributed by atoms with Gasteiger partial charge in [-0.15, -0.1) is 0 Å². The number of halogens is 1. The predicted molar refractivity (Wildman–Crippen MR) is 68.4 cm³/mol. The molecule has 0 aliphatic heterocycles. The molecule has 0 atom stereocenters. The van der Waals surface area contributed by atoms with Crippen molar-refractivity contribution in [3.8, 4) is 11.4 Å². The average Bonchev–Trinajstić information content (AvgIpc) is 2.84. The summed E-state index contributed by atoms with van der Waals surface area (Å²) >= 11 is 0. The van der Waals surface area contributed by atoms with E-state index >= 15 is 0 Å². The summed E-state index contributed by atoms with van der Waals surface area (Å²) in [5.74, 6) is -0.971. The molecular weight excluding hydrogens is 247 g/mol. The zero-order chi connectivity index (χ0) is 13.4. The van der Waals surface area contributed by atoms with Crippen LogP contribution in [0.4, 0.5) is 4.39 Å². The Kier molecular flexibility index (Phi) is 2.52. The van der Waals surface area contributed by atoms with Gasteiger partial charge in [-0.25, -0.2) is 14.2 Å². The van der Waals surface area contributed by atoms with Crippen molar-refractivity contribution in [2.75, 3.05) is 0 Å². The number of aromatic amines is 1. The second-order valence-electron chi connectivity index (χ2n) is 4.11. The number of hydrogen-bond donors (Lipinski definition) is 2. The molecule has 0 aliphatic rings. The van der Waals surface area contributed by atoms with E-state index in [0.717, 1.165) is 0 Å². The summed E-state index contributed by atoms with van der Waals surface area (Å²) in [6.07, 6.45) is 0. The summed E-state index contributed by atoms with van der Waals surface area (Å²) in [5, 5.41) is 8.95. The largest absolute Gasteiger partial charge is 0.478 e. The molecule has 0 saturated heterocycles. The molecule has 0 saturated carbocycles. The van der Waals surface area contributed by atoms with Gasteiger partial charge in [0.15, 0.2) is 5.82 Å². The fraction of sp³-hybridized carbons (Fsp3) is 0. The lowest BCUT2D eigenvalue weighted by atomic mass is 10.1. The van der Waals surface area contributed by atoms with Gasteiger partial charge in [-0.2, -0.15) is 0 Å². The number of imidazole rings is 1. The number of carboxylic acids is 1. The zero-order valence-corrected chi connectivity index (χ0v) is 9.72. The van der Waals surface area contributed by atoms with Crippen molar-refractivity contribution in [1.29, 1.82) is 0 Å². The molecule has 94 valence electrons. The van der Waals surface area contributed by atoms with E-state index in [1.165, 1.54) is 18.2 Å². The molecule has 0 fully saturated rings. The fourth-order valence-electron chi connectivity index (χ4n) is 1.93. The Morgan fingerprint density at radius 1 is 1.21 bits per heavy atom. The van der Waals surface area contributed by atoms with Crippen LogP contribution in [-0.2, 0) is 0 Å². The number of benzene rings is 2. The van der Waals surface area contributed by atoms with Crippen molar-refractivity contribution in [2.24, 2.45) is 0 Å². The third kappa shape index (κ3) is 1.95. The van der Waals surface area contributed by atoms with Gasteiger partial charge in [0.1, 0.15) is 11.3 Å². The summed E-state index contributed by atoms with van der Waals surface area (Å²) in [4.78, 5) is 18.1. The van der Waals surface area contributed by atoms with E-state index in [0.29, 0.717) is 16.9 Å². The van der Waals surface area contributed by atoms with Crippen LogP contribution in [-0.4, -0.2) is 21.0 Å². The van der Waals surface area contributed by atoms with E-state index in [-0.39, 0.29) is 11.1 Å². The van der Waals surface area contributed by atoms with Crippen molar-refractivity contribution in [1.82, 2.24) is 9.97 Å². The lowest BCUT2D eigenvalue weighted by Gasteiger charge is -1.98. The molecule has 0 bridgehead atoms. The van der Waals surface area contributed by atoms with E-state index in [2.05, 4.69) is 9.97 Å². The molecule has 4 nitrogen and oxygen atoms in total. The van der Waals surface area contributed by atoms with Gasteiger partial charge in [0.25, 0.3) is 0 Å². The highest BCUT2D eigenvalue weighted by Crippen LogP contribution is 2.22. The van der Waals surface area contributed by atoms with Gasteiger partial charge in [-0.1, -0.05) is 18.2 Å². The normalized spacial score (nSPS) is 10.8. The SMILES string of the molecule is O=C(O)c1cccc(-c2nc3c(F)cccc3[nH]2)c1. The molecule has 3 rings (SSSR count). The van der Waals surface area contributed by atoms with Crippen LogP contribution < -0.4 is 0 Å². The number of rotatable bonds is 2. The maximum absolute atomic E-state index is 13.5. The molecule has 0 amide bonds. The first-order chi connectivity index (χ1) is 9.15. The molecule has 0 unspecified atom stereocenters. The summed E-state index contributed by atoms with van der Waals surface area (Å²) in [5.41, 5.74) is 1.60. The average molecular weight is 256 g/mol. The minimum atomic E-state index is -1.01. The summed E-state index contributed by atoms with van der Waals surface area (Å²) in [6, 6.07) is 11.0. The Hall–Kier alpha value is -2.69. The number of nitrogens with zero attached hydrogens (tertiary/aromatic N) is 1. The van der Waals surface area contributed by atoms with E-state index in [9.17, 15) is 9.18 Å². The number of nitrogens with one attached hydrogen (secondary N) is 1. The van der Waals surface area contributed by atoms with Gasteiger partial charge in [0.05, 0.1) is 11.1 Å². The van der Waals surface area contributed by atoms with Crippen molar-refractivity contribution in [3.05, 3.63) is 53.8 Å². The molecule has 0 spiro atoms. The number of carboxylic acid groups (broad SMARTS) is 1. The molecule has 2 N–H and O–H groups in total. The molecule has 5 heteroatoms. The molecule has 3 aromatic rings. The molecule has 1 aromatic heterocycles.